The van der Waals surface area contributed by atoms with E-state index in [2.05, 4.69) is 10.4 Å². The highest BCUT2D eigenvalue weighted by Gasteiger charge is 2.28. The molecule has 1 amide bonds. The average Bonchev–Trinajstić information content (AvgIpc) is 2.86. The number of carboxylic acids is 1. The fourth-order valence-electron chi connectivity index (χ4n) is 4.28. The molecule has 1 heterocycles. The van der Waals surface area contributed by atoms with Crippen LogP contribution in [0.4, 0.5) is 0 Å². The number of carbonyl (C=O) groups excluding carboxylic acids is 1. The van der Waals surface area contributed by atoms with Crippen molar-refractivity contribution in [3.63, 3.8) is 0 Å². The van der Waals surface area contributed by atoms with Crippen molar-refractivity contribution in [2.75, 3.05) is 0 Å². The third kappa shape index (κ3) is 5.63. The minimum absolute atomic E-state index is 0.0260. The van der Waals surface area contributed by atoms with E-state index in [9.17, 15) is 19.5 Å². The number of hydrogen-bond donors (Lipinski definition) is 4. The molecule has 35 heavy (non-hydrogen) atoms. The minimum atomic E-state index is -0.812. The number of nitrogen functional groups attached to an aromatic ring is 1. The van der Waals surface area contributed by atoms with Crippen LogP contribution in [0.1, 0.15) is 47.2 Å². The third-order valence-corrected chi connectivity index (χ3v) is 6.30. The molecule has 9 nitrogen and oxygen atoms in total. The van der Waals surface area contributed by atoms with Gasteiger partial charge >= 0.3 is 5.97 Å². The summed E-state index contributed by atoms with van der Waals surface area (Å²) < 4.78 is 1.28. The molecule has 1 saturated carbocycles. The normalized spacial score (nSPS) is 17.5. The molecule has 0 unspecified atom stereocenters. The van der Waals surface area contributed by atoms with E-state index in [1.165, 1.54) is 10.7 Å². The van der Waals surface area contributed by atoms with E-state index in [-0.39, 0.29) is 24.0 Å². The number of aliphatic carboxylic acids is 1. The number of nitrogens with zero attached hydrogens (tertiary/aromatic N) is 2. The first kappa shape index (κ1) is 23.9. The Morgan fingerprint density at radius 2 is 1.71 bits per heavy atom. The van der Waals surface area contributed by atoms with Crippen LogP contribution in [0.5, 0.6) is 0 Å². The van der Waals surface area contributed by atoms with Crippen molar-refractivity contribution in [2.24, 2.45) is 11.7 Å². The molecule has 0 saturated heterocycles. The van der Waals surface area contributed by atoms with Gasteiger partial charge in [-0.3, -0.25) is 19.8 Å². The first-order valence-corrected chi connectivity index (χ1v) is 11.5. The van der Waals surface area contributed by atoms with Crippen LogP contribution in [0, 0.1) is 11.3 Å². The molecule has 0 bridgehead atoms. The number of amides is 1. The predicted octanol–water partition coefficient (Wildman–Crippen LogP) is 2.62. The molecule has 0 atom stereocenters. The number of nitrogens with one attached hydrogen (secondary N) is 2. The van der Waals surface area contributed by atoms with Gasteiger partial charge in [0.2, 0.25) is 0 Å². The Hall–Kier alpha value is -4.27. The summed E-state index contributed by atoms with van der Waals surface area (Å²) in [5.41, 5.74) is 7.55. The highest BCUT2D eigenvalue weighted by atomic mass is 16.4. The van der Waals surface area contributed by atoms with Gasteiger partial charge in [-0.1, -0.05) is 54.6 Å². The minimum Gasteiger partial charge on any atom is -0.481 e. The van der Waals surface area contributed by atoms with Crippen molar-refractivity contribution in [1.29, 1.82) is 5.41 Å². The van der Waals surface area contributed by atoms with E-state index < -0.39 is 23.4 Å². The maximum Gasteiger partial charge on any atom is 0.306 e. The highest BCUT2D eigenvalue weighted by molar-refractivity contribution is 5.96. The Bertz CT molecular complexity index is 1290. The van der Waals surface area contributed by atoms with Crippen LogP contribution < -0.4 is 16.6 Å². The molecule has 0 spiro atoms. The Kier molecular flexibility index (Phi) is 7.05. The summed E-state index contributed by atoms with van der Waals surface area (Å²) in [6.45, 7) is 0.197. The van der Waals surface area contributed by atoms with E-state index >= 15 is 0 Å². The summed E-state index contributed by atoms with van der Waals surface area (Å²) in [6.07, 6.45) is 2.07. The SMILES string of the molecule is N=C(N)c1ccc(-c2cc(C(=O)NC3CCC(C(=O)O)CC3)c(=O)n(Cc3ccccc3)n2)cc1. The van der Waals surface area contributed by atoms with Crippen LogP contribution in [0.2, 0.25) is 0 Å². The quantitative estimate of drug-likeness (QED) is 0.306. The fraction of sp³-hybridized carbons (Fsp3) is 0.269. The van der Waals surface area contributed by atoms with Gasteiger partial charge in [-0.05, 0) is 37.3 Å². The largest absolute Gasteiger partial charge is 0.481 e. The average molecular weight is 474 g/mol. The number of benzene rings is 2. The second kappa shape index (κ2) is 10.3. The molecule has 3 aromatic rings. The number of rotatable bonds is 7. The molecular weight excluding hydrogens is 446 g/mol. The van der Waals surface area contributed by atoms with Crippen molar-refractivity contribution >= 4 is 17.7 Å². The van der Waals surface area contributed by atoms with E-state index in [1.807, 2.05) is 30.3 Å². The fourth-order valence-corrected chi connectivity index (χ4v) is 4.28. The van der Waals surface area contributed by atoms with Gasteiger partial charge in [-0.15, -0.1) is 0 Å². The lowest BCUT2D eigenvalue weighted by molar-refractivity contribution is -0.142. The topological polar surface area (TPSA) is 151 Å². The van der Waals surface area contributed by atoms with E-state index in [4.69, 9.17) is 11.1 Å². The highest BCUT2D eigenvalue weighted by Crippen LogP contribution is 2.25. The van der Waals surface area contributed by atoms with Gasteiger partial charge in [0, 0.05) is 17.2 Å². The zero-order valence-corrected chi connectivity index (χ0v) is 19.1. The maximum absolute atomic E-state index is 13.2. The Morgan fingerprint density at radius 3 is 2.31 bits per heavy atom. The zero-order chi connectivity index (χ0) is 24.9. The van der Waals surface area contributed by atoms with Crippen molar-refractivity contribution in [3.05, 3.63) is 87.7 Å². The molecule has 1 fully saturated rings. The van der Waals surface area contributed by atoms with Crippen LogP contribution in [-0.2, 0) is 11.3 Å². The lowest BCUT2D eigenvalue weighted by atomic mass is 9.86. The zero-order valence-electron chi connectivity index (χ0n) is 19.1. The first-order valence-electron chi connectivity index (χ1n) is 11.5. The number of carbonyl (C=O) groups is 2. The van der Waals surface area contributed by atoms with Crippen LogP contribution in [0.3, 0.4) is 0 Å². The van der Waals surface area contributed by atoms with Crippen LogP contribution in [0.25, 0.3) is 11.3 Å². The summed E-state index contributed by atoms with van der Waals surface area (Å²) in [6, 6.07) is 17.5. The molecule has 5 N–H and O–H groups in total. The van der Waals surface area contributed by atoms with Crippen LogP contribution in [-0.4, -0.2) is 38.6 Å². The van der Waals surface area contributed by atoms with Crippen LogP contribution >= 0.6 is 0 Å². The summed E-state index contributed by atoms with van der Waals surface area (Å²) >= 11 is 0. The van der Waals surface area contributed by atoms with Crippen molar-refractivity contribution in [1.82, 2.24) is 15.1 Å². The van der Waals surface area contributed by atoms with E-state index in [1.54, 1.807) is 24.3 Å². The van der Waals surface area contributed by atoms with Gasteiger partial charge in [0.25, 0.3) is 11.5 Å². The molecule has 4 rings (SSSR count). The standard InChI is InChI=1S/C26H27N5O4/c27-23(28)18-8-6-17(7-9-18)22-14-21(24(32)29-20-12-10-19(11-13-20)26(34)35)25(33)31(30-22)15-16-4-2-1-3-5-16/h1-9,14,19-20H,10-13,15H2,(H3,27,28)(H,29,32)(H,34,35). The number of carboxylic acid groups (broad SMARTS) is 1. The van der Waals surface area contributed by atoms with Gasteiger partial charge < -0.3 is 16.2 Å². The molecule has 1 aromatic heterocycles. The summed E-state index contributed by atoms with van der Waals surface area (Å²) in [5.74, 6) is -1.76. The van der Waals surface area contributed by atoms with Crippen molar-refractivity contribution in [3.8, 4) is 11.3 Å². The molecule has 2 aromatic carbocycles. The van der Waals surface area contributed by atoms with Gasteiger partial charge in [-0.25, -0.2) is 4.68 Å². The summed E-state index contributed by atoms with van der Waals surface area (Å²) in [7, 11) is 0. The Balaban J connectivity index is 1.65. The summed E-state index contributed by atoms with van der Waals surface area (Å²) in [5, 5.41) is 24.2. The second-order valence-corrected chi connectivity index (χ2v) is 8.74. The van der Waals surface area contributed by atoms with E-state index in [0.717, 1.165) is 5.56 Å². The third-order valence-electron chi connectivity index (χ3n) is 6.30. The van der Waals surface area contributed by atoms with Crippen LogP contribution in [0.15, 0.2) is 65.5 Å². The molecule has 0 aliphatic heterocycles. The van der Waals surface area contributed by atoms with Gasteiger partial charge in [0.15, 0.2) is 0 Å². The molecular formula is C26H27N5O4. The molecule has 1 aliphatic rings. The molecule has 9 heteroatoms. The number of nitrogens with two attached hydrogens (primary N) is 1. The smallest absolute Gasteiger partial charge is 0.306 e. The van der Waals surface area contributed by atoms with Crippen molar-refractivity contribution in [2.45, 2.75) is 38.3 Å². The van der Waals surface area contributed by atoms with Gasteiger partial charge in [0.1, 0.15) is 11.4 Å². The molecule has 1 aliphatic carbocycles. The number of hydrogen-bond acceptors (Lipinski definition) is 5. The lowest BCUT2D eigenvalue weighted by Crippen LogP contribution is -2.42. The Morgan fingerprint density at radius 1 is 1.06 bits per heavy atom. The Labute approximate surface area is 202 Å². The maximum atomic E-state index is 13.2. The first-order chi connectivity index (χ1) is 16.8. The predicted molar refractivity (Wildman–Crippen MR) is 131 cm³/mol. The molecule has 0 radical (unpaired) electrons. The number of aromatic nitrogens is 2. The molecule has 180 valence electrons. The van der Waals surface area contributed by atoms with Gasteiger partial charge in [-0.2, -0.15) is 5.10 Å². The monoisotopic (exact) mass is 473 g/mol. The van der Waals surface area contributed by atoms with E-state index in [0.29, 0.717) is 42.5 Å². The second-order valence-electron chi connectivity index (χ2n) is 8.74. The van der Waals surface area contributed by atoms with Gasteiger partial charge in [0.05, 0.1) is 18.2 Å². The summed E-state index contributed by atoms with van der Waals surface area (Å²) in [4.78, 5) is 37.6. The lowest BCUT2D eigenvalue weighted by Gasteiger charge is -2.26. The van der Waals surface area contributed by atoms with Crippen molar-refractivity contribution < 1.29 is 14.7 Å². The number of amidine groups is 1.